The van der Waals surface area contributed by atoms with Gasteiger partial charge in [-0.25, -0.2) is 0 Å². The van der Waals surface area contributed by atoms with E-state index in [0.717, 1.165) is 6.54 Å². The minimum atomic E-state index is -0.534. The zero-order chi connectivity index (χ0) is 8.04. The zero-order valence-corrected chi connectivity index (χ0v) is 8.52. The van der Waals surface area contributed by atoms with Crippen LogP contribution in [0.1, 0.15) is 20.8 Å². The lowest BCUT2D eigenvalue weighted by Gasteiger charge is -2.19. The van der Waals surface area contributed by atoms with Gasteiger partial charge < -0.3 is 15.1 Å². The highest BCUT2D eigenvalue weighted by Crippen LogP contribution is 2.03. The summed E-state index contributed by atoms with van der Waals surface area (Å²) in [5.41, 5.74) is 5.29. The molecule has 3 N–H and O–H groups in total. The van der Waals surface area contributed by atoms with E-state index in [1.165, 1.54) is 0 Å². The number of rotatable bonds is 4. The largest absolute Gasteiger partial charge is 0.404 e. The molecule has 62 valence electrons. The molecule has 4 heteroatoms. The van der Waals surface area contributed by atoms with Crippen LogP contribution in [-0.2, 0) is 4.43 Å². The predicted molar refractivity (Wildman–Crippen MR) is 46.4 cm³/mol. The number of hydrogen-bond acceptors (Lipinski definition) is 3. The summed E-state index contributed by atoms with van der Waals surface area (Å²) in [6, 6.07) is 0. The van der Waals surface area contributed by atoms with Crippen LogP contribution >= 0.6 is 0 Å². The fourth-order valence-corrected chi connectivity index (χ4v) is 1.33. The number of nitrogens with two attached hydrogens (primary N) is 1. The summed E-state index contributed by atoms with van der Waals surface area (Å²) < 4.78 is 5.50. The molecule has 0 aliphatic rings. The first-order chi connectivity index (χ1) is 4.56. The van der Waals surface area contributed by atoms with Gasteiger partial charge in [-0.15, -0.1) is 0 Å². The molecule has 0 heterocycles. The van der Waals surface area contributed by atoms with E-state index in [-0.39, 0.29) is 5.60 Å². The van der Waals surface area contributed by atoms with Gasteiger partial charge in [0.25, 0.3) is 0 Å². The molecule has 0 amide bonds. The van der Waals surface area contributed by atoms with Crippen LogP contribution in [0.3, 0.4) is 0 Å². The van der Waals surface area contributed by atoms with E-state index >= 15 is 0 Å². The van der Waals surface area contributed by atoms with Gasteiger partial charge in [0, 0.05) is 18.7 Å². The third kappa shape index (κ3) is 8.10. The van der Waals surface area contributed by atoms with Crippen LogP contribution in [0.25, 0.3) is 0 Å². The summed E-state index contributed by atoms with van der Waals surface area (Å²) in [4.78, 5) is 3.18. The molecule has 10 heavy (non-hydrogen) atoms. The molecule has 0 aliphatic heterocycles. The molecule has 0 fully saturated rings. The fourth-order valence-electron chi connectivity index (χ4n) is 0.442. The molecule has 0 atom stereocenters. The van der Waals surface area contributed by atoms with E-state index < -0.39 is 9.92 Å². The van der Waals surface area contributed by atoms with Crippen LogP contribution < -0.4 is 10.7 Å². The maximum Gasteiger partial charge on any atom is 0.236 e. The highest BCUT2D eigenvalue weighted by Gasteiger charge is 2.07. The topological polar surface area (TPSA) is 47.3 Å². The molecular formula is C6H18N2OSi. The third-order valence-corrected chi connectivity index (χ3v) is 2.50. The highest BCUT2D eigenvalue weighted by atomic mass is 28.2. The second-order valence-electron chi connectivity index (χ2n) is 3.19. The zero-order valence-electron chi connectivity index (χ0n) is 7.11. The van der Waals surface area contributed by atoms with Crippen LogP contribution in [0.5, 0.6) is 0 Å². The molecule has 0 aliphatic carbocycles. The summed E-state index contributed by atoms with van der Waals surface area (Å²) in [5.74, 6) is 0. The molecule has 3 nitrogen and oxygen atoms in total. The van der Waals surface area contributed by atoms with Gasteiger partial charge in [-0.3, -0.25) is 0 Å². The Balaban J connectivity index is 3.04. The molecule has 0 unspecified atom stereocenters. The molecule has 0 aromatic heterocycles. The van der Waals surface area contributed by atoms with Crippen LogP contribution in [0.15, 0.2) is 0 Å². The van der Waals surface area contributed by atoms with E-state index in [1.54, 1.807) is 0 Å². The van der Waals surface area contributed by atoms with Crippen LogP contribution in [0, 0.1) is 0 Å². The average molecular weight is 162 g/mol. The Bertz CT molecular complexity index is 82.3. The average Bonchev–Trinajstić information content (AvgIpc) is 1.78. The van der Waals surface area contributed by atoms with Gasteiger partial charge in [-0.2, -0.15) is 0 Å². The second kappa shape index (κ2) is 4.84. The van der Waals surface area contributed by atoms with Gasteiger partial charge in [0.2, 0.25) is 9.92 Å². The predicted octanol–water partition coefficient (Wildman–Crippen LogP) is -0.651. The SMILES string of the molecule is CC(C)(C)O[SiH2]NCCN. The lowest BCUT2D eigenvalue weighted by Crippen LogP contribution is -2.33. The quantitative estimate of drug-likeness (QED) is 0.426. The molecule has 0 bridgehead atoms. The van der Waals surface area contributed by atoms with E-state index in [4.69, 9.17) is 10.2 Å². The molecule has 0 rings (SSSR count). The summed E-state index contributed by atoms with van der Waals surface area (Å²) in [7, 11) is -0.534. The standard InChI is InChI=1S/C6H18N2OSi/c1-6(2,3)9-10-8-5-4-7/h8H,4-5,7,10H2,1-3H3. The molecule has 0 aromatic carbocycles. The Kier molecular flexibility index (Phi) is 4.89. The molecule has 0 saturated carbocycles. The smallest absolute Gasteiger partial charge is 0.236 e. The first-order valence-electron chi connectivity index (χ1n) is 3.61. The number of hydrogen-bond donors (Lipinski definition) is 2. The van der Waals surface area contributed by atoms with Gasteiger partial charge in [-0.1, -0.05) is 0 Å². The Morgan fingerprint density at radius 2 is 2.10 bits per heavy atom. The summed E-state index contributed by atoms with van der Waals surface area (Å²) in [6.07, 6.45) is 0. The molecule has 0 spiro atoms. The Hall–Kier alpha value is 0.0969. The van der Waals surface area contributed by atoms with Crippen LogP contribution in [0.4, 0.5) is 0 Å². The monoisotopic (exact) mass is 162 g/mol. The Morgan fingerprint density at radius 3 is 2.50 bits per heavy atom. The highest BCUT2D eigenvalue weighted by molar-refractivity contribution is 6.23. The molecule has 0 radical (unpaired) electrons. The van der Waals surface area contributed by atoms with E-state index in [0.29, 0.717) is 6.54 Å². The van der Waals surface area contributed by atoms with E-state index in [1.807, 2.05) is 0 Å². The summed E-state index contributed by atoms with van der Waals surface area (Å²) in [5, 5.41) is 0. The lowest BCUT2D eigenvalue weighted by atomic mass is 10.2. The third-order valence-electron chi connectivity index (χ3n) is 0.928. The van der Waals surface area contributed by atoms with Crippen LogP contribution in [-0.4, -0.2) is 28.6 Å². The van der Waals surface area contributed by atoms with Crippen LogP contribution in [0.2, 0.25) is 0 Å². The van der Waals surface area contributed by atoms with Crippen molar-refractivity contribution in [2.45, 2.75) is 26.4 Å². The van der Waals surface area contributed by atoms with Gasteiger partial charge >= 0.3 is 0 Å². The van der Waals surface area contributed by atoms with Crippen molar-refractivity contribution in [3.63, 3.8) is 0 Å². The van der Waals surface area contributed by atoms with Crippen molar-refractivity contribution in [3.8, 4) is 0 Å². The van der Waals surface area contributed by atoms with Crippen molar-refractivity contribution >= 4 is 9.92 Å². The minimum absolute atomic E-state index is 0.00776. The minimum Gasteiger partial charge on any atom is -0.404 e. The summed E-state index contributed by atoms with van der Waals surface area (Å²) >= 11 is 0. The van der Waals surface area contributed by atoms with Gasteiger partial charge in [0.05, 0.1) is 0 Å². The normalized spacial score (nSPS) is 13.2. The summed E-state index contributed by atoms with van der Waals surface area (Å²) in [6.45, 7) is 7.75. The molecule has 0 saturated heterocycles. The van der Waals surface area contributed by atoms with Crippen molar-refractivity contribution < 1.29 is 4.43 Å². The first kappa shape index (κ1) is 10.1. The van der Waals surface area contributed by atoms with Gasteiger partial charge in [0.15, 0.2) is 0 Å². The maximum absolute atomic E-state index is 5.50. The fraction of sp³-hybridized carbons (Fsp3) is 1.00. The van der Waals surface area contributed by atoms with Crippen molar-refractivity contribution in [1.82, 2.24) is 4.98 Å². The van der Waals surface area contributed by atoms with Crippen molar-refractivity contribution in [1.29, 1.82) is 0 Å². The molecular weight excluding hydrogens is 144 g/mol. The van der Waals surface area contributed by atoms with E-state index in [9.17, 15) is 0 Å². The van der Waals surface area contributed by atoms with Gasteiger partial charge in [0.1, 0.15) is 0 Å². The maximum atomic E-state index is 5.50. The van der Waals surface area contributed by atoms with Gasteiger partial charge in [-0.05, 0) is 20.8 Å². The Morgan fingerprint density at radius 1 is 1.50 bits per heavy atom. The Labute approximate surface area is 65.3 Å². The lowest BCUT2D eigenvalue weighted by molar-refractivity contribution is 0.135. The van der Waals surface area contributed by atoms with E-state index in [2.05, 4.69) is 25.8 Å². The number of nitrogens with one attached hydrogen (secondary N) is 1. The van der Waals surface area contributed by atoms with Crippen molar-refractivity contribution in [2.75, 3.05) is 13.1 Å². The molecule has 0 aromatic rings. The van der Waals surface area contributed by atoms with Crippen molar-refractivity contribution in [2.24, 2.45) is 5.73 Å². The first-order valence-corrected chi connectivity index (χ1v) is 4.89. The second-order valence-corrected chi connectivity index (χ2v) is 4.27. The van der Waals surface area contributed by atoms with Crippen molar-refractivity contribution in [3.05, 3.63) is 0 Å².